The Balaban J connectivity index is 2.15. The number of fused-ring (bicyclic) bond motifs is 1. The van der Waals surface area contributed by atoms with Gasteiger partial charge in [0.25, 0.3) is 0 Å². The number of carbonyl (C=O) groups is 1. The minimum absolute atomic E-state index is 0.0817. The summed E-state index contributed by atoms with van der Waals surface area (Å²) in [7, 11) is 0. The van der Waals surface area contributed by atoms with E-state index in [0.717, 1.165) is 5.52 Å². The van der Waals surface area contributed by atoms with Crippen LogP contribution in [0.3, 0.4) is 0 Å². The number of aromatic nitrogens is 1. The quantitative estimate of drug-likeness (QED) is 0.675. The van der Waals surface area contributed by atoms with Crippen LogP contribution in [0.1, 0.15) is 15.9 Å². The first-order valence-corrected chi connectivity index (χ1v) is 6.59. The van der Waals surface area contributed by atoms with Crippen molar-refractivity contribution in [3.8, 4) is 0 Å². The van der Waals surface area contributed by atoms with Gasteiger partial charge in [-0.1, -0.05) is 29.3 Å². The molecule has 100 valence electrons. The van der Waals surface area contributed by atoms with Crippen LogP contribution in [0.15, 0.2) is 42.6 Å². The summed E-state index contributed by atoms with van der Waals surface area (Å²) in [6.07, 6.45) is 1.59. The van der Waals surface area contributed by atoms with Crippen LogP contribution in [0.25, 0.3) is 10.9 Å². The molecule has 0 unspecified atom stereocenters. The molecular formula is C15H8Cl2FNO. The molecule has 2 nitrogen and oxygen atoms in total. The standard InChI is InChI=1S/C15H8Cl2FNO/c16-10-2-1-3-13-14(10)9(7-19-13)15(20)8-4-5-12(18)11(17)6-8/h1-7,19H. The summed E-state index contributed by atoms with van der Waals surface area (Å²) in [4.78, 5) is 15.5. The summed E-state index contributed by atoms with van der Waals surface area (Å²) >= 11 is 11.8. The number of hydrogen-bond donors (Lipinski definition) is 1. The number of benzene rings is 2. The normalized spacial score (nSPS) is 10.9. The maximum atomic E-state index is 13.2. The Morgan fingerprint density at radius 1 is 1.10 bits per heavy atom. The van der Waals surface area contributed by atoms with Crippen molar-refractivity contribution < 1.29 is 9.18 Å². The molecule has 5 heteroatoms. The van der Waals surface area contributed by atoms with Crippen molar-refractivity contribution in [3.05, 3.63) is 69.6 Å². The number of aromatic amines is 1. The molecule has 1 heterocycles. The maximum absolute atomic E-state index is 13.2. The van der Waals surface area contributed by atoms with Crippen LogP contribution in [0.5, 0.6) is 0 Å². The number of ketones is 1. The second-order valence-electron chi connectivity index (χ2n) is 4.32. The van der Waals surface area contributed by atoms with Gasteiger partial charge >= 0.3 is 0 Å². The lowest BCUT2D eigenvalue weighted by Crippen LogP contribution is -2.01. The lowest BCUT2D eigenvalue weighted by molar-refractivity contribution is 0.104. The summed E-state index contributed by atoms with van der Waals surface area (Å²) < 4.78 is 13.2. The van der Waals surface area contributed by atoms with Gasteiger partial charge in [0.1, 0.15) is 5.82 Å². The molecule has 1 N–H and O–H groups in total. The molecule has 0 atom stereocenters. The van der Waals surface area contributed by atoms with Gasteiger partial charge < -0.3 is 4.98 Å². The Morgan fingerprint density at radius 2 is 1.90 bits per heavy atom. The lowest BCUT2D eigenvalue weighted by atomic mass is 10.0. The topological polar surface area (TPSA) is 32.9 Å². The van der Waals surface area contributed by atoms with Gasteiger partial charge in [0.15, 0.2) is 5.78 Å². The van der Waals surface area contributed by atoms with Gasteiger partial charge in [0.05, 0.1) is 10.0 Å². The molecule has 0 aliphatic rings. The predicted molar refractivity (Wildman–Crippen MR) is 78.2 cm³/mol. The van der Waals surface area contributed by atoms with Crippen LogP contribution in [-0.4, -0.2) is 10.8 Å². The Hall–Kier alpha value is -1.84. The van der Waals surface area contributed by atoms with Crippen molar-refractivity contribution in [2.45, 2.75) is 0 Å². The number of halogens is 3. The third kappa shape index (κ3) is 2.09. The Morgan fingerprint density at radius 3 is 2.65 bits per heavy atom. The molecule has 0 saturated carbocycles. The van der Waals surface area contributed by atoms with E-state index in [9.17, 15) is 9.18 Å². The van der Waals surface area contributed by atoms with Crippen molar-refractivity contribution in [2.24, 2.45) is 0 Å². The maximum Gasteiger partial charge on any atom is 0.195 e. The molecular weight excluding hydrogens is 300 g/mol. The van der Waals surface area contributed by atoms with Crippen molar-refractivity contribution in [3.63, 3.8) is 0 Å². The molecule has 20 heavy (non-hydrogen) atoms. The monoisotopic (exact) mass is 307 g/mol. The van der Waals surface area contributed by atoms with Crippen molar-refractivity contribution >= 4 is 39.9 Å². The molecule has 0 saturated heterocycles. The number of carbonyl (C=O) groups excluding carboxylic acids is 1. The van der Waals surface area contributed by atoms with E-state index in [1.165, 1.54) is 18.2 Å². The largest absolute Gasteiger partial charge is 0.360 e. The van der Waals surface area contributed by atoms with Crippen LogP contribution in [0.2, 0.25) is 10.0 Å². The third-order valence-electron chi connectivity index (χ3n) is 3.08. The number of H-pyrrole nitrogens is 1. The minimum Gasteiger partial charge on any atom is -0.360 e. The van der Waals surface area contributed by atoms with Crippen LogP contribution in [0, 0.1) is 5.82 Å². The molecule has 2 aromatic carbocycles. The summed E-state index contributed by atoms with van der Waals surface area (Å²) in [6, 6.07) is 9.23. The molecule has 0 bridgehead atoms. The van der Waals surface area contributed by atoms with Crippen molar-refractivity contribution in [1.82, 2.24) is 4.98 Å². The number of nitrogens with one attached hydrogen (secondary N) is 1. The predicted octanol–water partition coefficient (Wildman–Crippen LogP) is 4.84. The second-order valence-corrected chi connectivity index (χ2v) is 5.14. The highest BCUT2D eigenvalue weighted by molar-refractivity contribution is 6.37. The van der Waals surface area contributed by atoms with E-state index in [4.69, 9.17) is 23.2 Å². The SMILES string of the molecule is O=C(c1ccc(F)c(Cl)c1)c1c[nH]c2cccc(Cl)c12. The van der Waals surface area contributed by atoms with Crippen LogP contribution >= 0.6 is 23.2 Å². The minimum atomic E-state index is -0.555. The molecule has 0 amide bonds. The van der Waals surface area contributed by atoms with Gasteiger partial charge in [-0.05, 0) is 30.3 Å². The van der Waals surface area contributed by atoms with E-state index < -0.39 is 5.82 Å². The first kappa shape index (κ1) is 13.2. The molecule has 1 aromatic heterocycles. The van der Waals surface area contributed by atoms with Crippen LogP contribution in [-0.2, 0) is 0 Å². The number of hydrogen-bond acceptors (Lipinski definition) is 1. The van der Waals surface area contributed by atoms with E-state index in [1.54, 1.807) is 18.3 Å². The highest BCUT2D eigenvalue weighted by atomic mass is 35.5. The summed E-state index contributed by atoms with van der Waals surface area (Å²) in [5, 5.41) is 1.06. The van der Waals surface area contributed by atoms with Crippen molar-refractivity contribution in [2.75, 3.05) is 0 Å². The van der Waals surface area contributed by atoms with E-state index in [-0.39, 0.29) is 10.8 Å². The number of rotatable bonds is 2. The average Bonchev–Trinajstić information content (AvgIpc) is 2.86. The van der Waals surface area contributed by atoms with Gasteiger partial charge in [-0.15, -0.1) is 0 Å². The van der Waals surface area contributed by atoms with Crippen LogP contribution < -0.4 is 0 Å². The van der Waals surface area contributed by atoms with Gasteiger partial charge in [-0.25, -0.2) is 4.39 Å². The average molecular weight is 308 g/mol. The third-order valence-corrected chi connectivity index (χ3v) is 3.69. The fraction of sp³-hybridized carbons (Fsp3) is 0. The highest BCUT2D eigenvalue weighted by Crippen LogP contribution is 2.28. The van der Waals surface area contributed by atoms with Gasteiger partial charge in [-0.2, -0.15) is 0 Å². The molecule has 0 spiro atoms. The first-order valence-electron chi connectivity index (χ1n) is 5.83. The fourth-order valence-electron chi connectivity index (χ4n) is 2.11. The van der Waals surface area contributed by atoms with E-state index in [2.05, 4.69) is 4.98 Å². The Bertz CT molecular complexity index is 826. The molecule has 0 aliphatic heterocycles. The van der Waals surface area contributed by atoms with E-state index in [0.29, 0.717) is 21.5 Å². The first-order chi connectivity index (χ1) is 9.58. The zero-order chi connectivity index (χ0) is 14.3. The zero-order valence-corrected chi connectivity index (χ0v) is 11.6. The Labute approximate surface area is 124 Å². The van der Waals surface area contributed by atoms with Gasteiger partial charge in [-0.3, -0.25) is 4.79 Å². The molecule has 0 fully saturated rings. The van der Waals surface area contributed by atoms with Gasteiger partial charge in [0, 0.05) is 28.2 Å². The molecule has 0 radical (unpaired) electrons. The van der Waals surface area contributed by atoms with E-state index in [1.807, 2.05) is 6.07 Å². The summed E-state index contributed by atoms with van der Waals surface area (Å²) in [5.41, 5.74) is 1.53. The van der Waals surface area contributed by atoms with Gasteiger partial charge in [0.2, 0.25) is 0 Å². The molecule has 3 rings (SSSR count). The second kappa shape index (κ2) is 4.93. The molecule has 0 aliphatic carbocycles. The molecule has 3 aromatic rings. The van der Waals surface area contributed by atoms with Crippen LogP contribution in [0.4, 0.5) is 4.39 Å². The highest BCUT2D eigenvalue weighted by Gasteiger charge is 2.17. The summed E-state index contributed by atoms with van der Waals surface area (Å²) in [6.45, 7) is 0. The zero-order valence-electron chi connectivity index (χ0n) is 10.1. The lowest BCUT2D eigenvalue weighted by Gasteiger charge is -2.02. The van der Waals surface area contributed by atoms with Crippen molar-refractivity contribution in [1.29, 1.82) is 0 Å². The Kier molecular flexibility index (Phi) is 3.24. The summed E-state index contributed by atoms with van der Waals surface area (Å²) in [5.74, 6) is -0.813. The smallest absolute Gasteiger partial charge is 0.195 e. The van der Waals surface area contributed by atoms with E-state index >= 15 is 0 Å². The fourth-order valence-corrected chi connectivity index (χ4v) is 2.57.